The third-order valence-electron chi connectivity index (χ3n) is 8.59. The smallest absolute Gasteiger partial charge is 0.337 e. The highest BCUT2D eigenvalue weighted by molar-refractivity contribution is 5.89. The van der Waals surface area contributed by atoms with E-state index in [1.165, 1.54) is 6.07 Å². The number of nitrogens with zero attached hydrogens (tertiary/aromatic N) is 1. The average molecular weight is 554 g/mol. The minimum atomic E-state index is -1.29. The minimum absolute atomic E-state index is 0.0392. The van der Waals surface area contributed by atoms with Crippen molar-refractivity contribution in [3.8, 4) is 16.9 Å². The predicted octanol–water partition coefficient (Wildman–Crippen LogP) is 5.75. The Labute approximate surface area is 235 Å². The standard InChI is InChI=1S/C32H40FNO6/c1-17-21-8-7-11-39-29(21)25(33)14-23(17)27-19(3)24-16-34(20-9-12-38-13-10-20)26(35)15-22(24)18(2)28(27)30(31(36)37)40-32(4,5)6/h14,20,30H,7-13,15-16H2,1-6H3,(H,36,37)/t30-/m1/s1. The third kappa shape index (κ3) is 5.12. The summed E-state index contributed by atoms with van der Waals surface area (Å²) >= 11 is 0. The highest BCUT2D eigenvalue weighted by Gasteiger charge is 2.38. The Morgan fingerprint density at radius 2 is 1.77 bits per heavy atom. The van der Waals surface area contributed by atoms with Gasteiger partial charge in [-0.2, -0.15) is 0 Å². The Bertz CT molecular complexity index is 1350. The van der Waals surface area contributed by atoms with E-state index in [0.29, 0.717) is 55.2 Å². The van der Waals surface area contributed by atoms with Gasteiger partial charge in [0.1, 0.15) is 0 Å². The number of carboxylic acids is 1. The van der Waals surface area contributed by atoms with Crippen molar-refractivity contribution >= 4 is 11.9 Å². The van der Waals surface area contributed by atoms with Crippen molar-refractivity contribution in [3.05, 3.63) is 50.8 Å². The van der Waals surface area contributed by atoms with E-state index >= 15 is 4.39 Å². The van der Waals surface area contributed by atoms with Crippen molar-refractivity contribution < 1.29 is 33.3 Å². The van der Waals surface area contributed by atoms with Gasteiger partial charge in [0.15, 0.2) is 17.7 Å². The van der Waals surface area contributed by atoms with Crippen LogP contribution in [0.1, 0.15) is 85.1 Å². The molecule has 1 N–H and O–H groups in total. The fourth-order valence-corrected chi connectivity index (χ4v) is 6.63. The van der Waals surface area contributed by atoms with Crippen LogP contribution in [0, 0.1) is 26.6 Å². The number of amides is 1. The van der Waals surface area contributed by atoms with E-state index in [1.807, 2.05) is 46.4 Å². The lowest BCUT2D eigenvalue weighted by Crippen LogP contribution is -2.46. The summed E-state index contributed by atoms with van der Waals surface area (Å²) in [6.07, 6.45) is 1.97. The molecule has 40 heavy (non-hydrogen) atoms. The van der Waals surface area contributed by atoms with E-state index in [0.717, 1.165) is 52.6 Å². The molecule has 0 aromatic heterocycles. The number of fused-ring (bicyclic) bond motifs is 2. The van der Waals surface area contributed by atoms with Gasteiger partial charge in [0, 0.05) is 36.9 Å². The molecule has 3 aliphatic heterocycles. The molecule has 1 saturated heterocycles. The topological polar surface area (TPSA) is 85.3 Å². The van der Waals surface area contributed by atoms with Gasteiger partial charge in [-0.05, 0) is 112 Å². The quantitative estimate of drug-likeness (QED) is 0.508. The Hall–Kier alpha value is -2.97. The first-order valence-electron chi connectivity index (χ1n) is 14.3. The molecular formula is C32H40FNO6. The van der Waals surface area contributed by atoms with Gasteiger partial charge in [-0.1, -0.05) is 0 Å². The number of carbonyl (C=O) groups excluding carboxylic acids is 1. The van der Waals surface area contributed by atoms with Crippen LogP contribution in [0.15, 0.2) is 6.07 Å². The highest BCUT2D eigenvalue weighted by Crippen LogP contribution is 2.46. The summed E-state index contributed by atoms with van der Waals surface area (Å²) < 4.78 is 33.0. The molecule has 216 valence electrons. The first kappa shape index (κ1) is 28.6. The van der Waals surface area contributed by atoms with Gasteiger partial charge in [0.2, 0.25) is 5.91 Å². The molecule has 8 heteroatoms. The second kappa shape index (κ2) is 10.8. The van der Waals surface area contributed by atoms with Crippen LogP contribution in [0.3, 0.4) is 0 Å². The molecule has 1 atom stereocenters. The van der Waals surface area contributed by atoms with Crippen LogP contribution in [0.2, 0.25) is 0 Å². The Balaban J connectivity index is 1.77. The van der Waals surface area contributed by atoms with E-state index < -0.39 is 23.5 Å². The predicted molar refractivity (Wildman–Crippen MR) is 149 cm³/mol. The lowest BCUT2D eigenvalue weighted by atomic mass is 9.78. The first-order chi connectivity index (χ1) is 18.9. The number of hydrogen-bond acceptors (Lipinski definition) is 5. The molecule has 0 radical (unpaired) electrons. The van der Waals surface area contributed by atoms with Gasteiger partial charge in [0.05, 0.1) is 18.6 Å². The molecule has 0 spiro atoms. The maximum absolute atomic E-state index is 15.6. The third-order valence-corrected chi connectivity index (χ3v) is 8.59. The zero-order valence-corrected chi connectivity index (χ0v) is 24.4. The van der Waals surface area contributed by atoms with Gasteiger partial charge in [0.25, 0.3) is 0 Å². The summed E-state index contributed by atoms with van der Waals surface area (Å²) in [5.41, 5.74) is 6.23. The molecule has 2 aromatic rings. The van der Waals surface area contributed by atoms with E-state index in [2.05, 4.69) is 0 Å². The van der Waals surface area contributed by atoms with Crippen LogP contribution < -0.4 is 4.74 Å². The van der Waals surface area contributed by atoms with Crippen LogP contribution in [0.5, 0.6) is 5.75 Å². The monoisotopic (exact) mass is 553 g/mol. The minimum Gasteiger partial charge on any atom is -0.490 e. The molecule has 0 unspecified atom stereocenters. The van der Waals surface area contributed by atoms with Crippen LogP contribution >= 0.6 is 0 Å². The molecule has 7 nitrogen and oxygen atoms in total. The van der Waals surface area contributed by atoms with Crippen LogP contribution in [-0.2, 0) is 38.4 Å². The van der Waals surface area contributed by atoms with Gasteiger partial charge >= 0.3 is 5.97 Å². The summed E-state index contributed by atoms with van der Waals surface area (Å²) in [5, 5.41) is 10.5. The zero-order valence-electron chi connectivity index (χ0n) is 24.4. The Morgan fingerprint density at radius 3 is 2.42 bits per heavy atom. The summed E-state index contributed by atoms with van der Waals surface area (Å²) in [4.78, 5) is 28.2. The molecular weight excluding hydrogens is 513 g/mol. The fraction of sp³-hybridized carbons (Fsp3) is 0.562. The van der Waals surface area contributed by atoms with E-state index in [9.17, 15) is 14.7 Å². The summed E-state index contributed by atoms with van der Waals surface area (Å²) in [5.74, 6) is -1.24. The number of aliphatic carboxylic acids is 1. The summed E-state index contributed by atoms with van der Waals surface area (Å²) in [6, 6.07) is 1.59. The molecule has 2 aromatic carbocycles. The number of carboxylic acid groups (broad SMARTS) is 1. The number of carbonyl (C=O) groups is 2. The van der Waals surface area contributed by atoms with Gasteiger partial charge < -0.3 is 24.2 Å². The summed E-state index contributed by atoms with van der Waals surface area (Å²) in [7, 11) is 0. The molecule has 3 heterocycles. The molecule has 0 saturated carbocycles. The van der Waals surface area contributed by atoms with Crippen molar-refractivity contribution in [1.29, 1.82) is 0 Å². The highest BCUT2D eigenvalue weighted by atomic mass is 19.1. The molecule has 0 bridgehead atoms. The van der Waals surface area contributed by atoms with Crippen molar-refractivity contribution in [2.24, 2.45) is 0 Å². The SMILES string of the molecule is Cc1c(-c2c(C)c3c(c(C)c2[C@@H](OC(C)(C)C)C(=O)O)CC(=O)N(C2CCOCC2)C3)cc(F)c2c1CCCO2. The molecule has 3 aliphatic rings. The lowest BCUT2D eigenvalue weighted by molar-refractivity contribution is -0.160. The van der Waals surface area contributed by atoms with E-state index in [4.69, 9.17) is 14.2 Å². The fourth-order valence-electron chi connectivity index (χ4n) is 6.63. The number of ether oxygens (including phenoxy) is 3. The number of hydrogen-bond donors (Lipinski definition) is 1. The lowest BCUT2D eigenvalue weighted by Gasteiger charge is -2.40. The van der Waals surface area contributed by atoms with Crippen LogP contribution in [0.4, 0.5) is 4.39 Å². The van der Waals surface area contributed by atoms with Crippen molar-refractivity contribution in [2.75, 3.05) is 19.8 Å². The Kier molecular flexibility index (Phi) is 7.70. The largest absolute Gasteiger partial charge is 0.490 e. The summed E-state index contributed by atoms with van der Waals surface area (Å²) in [6.45, 7) is 13.4. The molecule has 1 amide bonds. The zero-order chi connectivity index (χ0) is 28.9. The van der Waals surface area contributed by atoms with Crippen molar-refractivity contribution in [3.63, 3.8) is 0 Å². The van der Waals surface area contributed by atoms with Crippen molar-refractivity contribution in [1.82, 2.24) is 4.90 Å². The number of rotatable bonds is 5. The number of benzene rings is 2. The van der Waals surface area contributed by atoms with E-state index in [-0.39, 0.29) is 18.4 Å². The van der Waals surface area contributed by atoms with Gasteiger partial charge in [-0.3, -0.25) is 4.79 Å². The van der Waals surface area contributed by atoms with Crippen molar-refractivity contribution in [2.45, 2.75) is 97.9 Å². The maximum Gasteiger partial charge on any atom is 0.337 e. The Morgan fingerprint density at radius 1 is 1.07 bits per heavy atom. The van der Waals surface area contributed by atoms with Gasteiger partial charge in [-0.25, -0.2) is 9.18 Å². The van der Waals surface area contributed by atoms with Crippen LogP contribution in [0.25, 0.3) is 11.1 Å². The molecule has 0 aliphatic carbocycles. The average Bonchev–Trinajstić information content (AvgIpc) is 2.91. The second-order valence-corrected chi connectivity index (χ2v) is 12.3. The molecule has 5 rings (SSSR count). The molecule has 1 fully saturated rings. The maximum atomic E-state index is 15.6. The van der Waals surface area contributed by atoms with E-state index in [1.54, 1.807) is 0 Å². The number of halogens is 1. The van der Waals surface area contributed by atoms with Crippen LogP contribution in [-0.4, -0.2) is 53.3 Å². The van der Waals surface area contributed by atoms with Gasteiger partial charge in [-0.15, -0.1) is 0 Å². The first-order valence-corrected chi connectivity index (χ1v) is 14.3. The normalized spacial score (nSPS) is 18.7. The second-order valence-electron chi connectivity index (χ2n) is 12.3.